The summed E-state index contributed by atoms with van der Waals surface area (Å²) in [7, 11) is 0. The van der Waals surface area contributed by atoms with Gasteiger partial charge in [0.1, 0.15) is 0 Å². The minimum atomic E-state index is 0.778. The Bertz CT molecular complexity index is 221. The fraction of sp³-hybridized carbons (Fsp3) is 1.00. The minimum Gasteiger partial charge on any atom is -0.312 e. The molecule has 1 saturated carbocycles. The molecule has 3 atom stereocenters. The summed E-state index contributed by atoms with van der Waals surface area (Å²) in [5, 5.41) is 3.83. The zero-order valence-electron chi connectivity index (χ0n) is 12.5. The number of nitrogens with one attached hydrogen (secondary N) is 1. The lowest BCUT2D eigenvalue weighted by Gasteiger charge is -2.34. The third kappa shape index (κ3) is 4.55. The van der Waals surface area contributed by atoms with Crippen molar-refractivity contribution in [1.29, 1.82) is 0 Å². The van der Waals surface area contributed by atoms with Gasteiger partial charge in [-0.25, -0.2) is 0 Å². The number of nitrogens with zero attached hydrogens (tertiary/aromatic N) is 1. The zero-order chi connectivity index (χ0) is 12.8. The van der Waals surface area contributed by atoms with E-state index in [4.69, 9.17) is 0 Å². The summed E-state index contributed by atoms with van der Waals surface area (Å²) in [6.07, 6.45) is 9.96. The molecule has 0 bridgehead atoms. The van der Waals surface area contributed by atoms with Crippen molar-refractivity contribution in [2.75, 3.05) is 26.2 Å². The molecule has 0 radical (unpaired) electrons. The Labute approximate surface area is 114 Å². The summed E-state index contributed by atoms with van der Waals surface area (Å²) in [6.45, 7) is 9.96. The fourth-order valence-electron chi connectivity index (χ4n) is 3.58. The Hall–Kier alpha value is -0.0800. The molecule has 18 heavy (non-hydrogen) atoms. The topological polar surface area (TPSA) is 15.3 Å². The molecule has 0 aromatic rings. The predicted molar refractivity (Wildman–Crippen MR) is 78.9 cm³/mol. The molecule has 1 aliphatic carbocycles. The monoisotopic (exact) mass is 252 g/mol. The van der Waals surface area contributed by atoms with E-state index < -0.39 is 0 Å². The van der Waals surface area contributed by atoms with Crippen molar-refractivity contribution in [1.82, 2.24) is 10.2 Å². The van der Waals surface area contributed by atoms with Gasteiger partial charge in [0.15, 0.2) is 0 Å². The maximum Gasteiger partial charge on any atom is 0.0107 e. The van der Waals surface area contributed by atoms with Crippen molar-refractivity contribution in [2.24, 2.45) is 11.8 Å². The molecule has 0 spiro atoms. The van der Waals surface area contributed by atoms with Crippen LogP contribution in [-0.2, 0) is 0 Å². The molecule has 1 N–H and O–H groups in total. The van der Waals surface area contributed by atoms with E-state index in [1.807, 2.05) is 0 Å². The van der Waals surface area contributed by atoms with Crippen molar-refractivity contribution in [3.8, 4) is 0 Å². The Kier molecular flexibility index (Phi) is 5.97. The molecule has 0 aromatic carbocycles. The van der Waals surface area contributed by atoms with Crippen LogP contribution in [0.5, 0.6) is 0 Å². The molecule has 0 aromatic heterocycles. The molecule has 2 nitrogen and oxygen atoms in total. The summed E-state index contributed by atoms with van der Waals surface area (Å²) >= 11 is 0. The van der Waals surface area contributed by atoms with E-state index in [2.05, 4.69) is 24.1 Å². The van der Waals surface area contributed by atoms with Gasteiger partial charge in [-0.3, -0.25) is 0 Å². The van der Waals surface area contributed by atoms with Gasteiger partial charge < -0.3 is 10.2 Å². The van der Waals surface area contributed by atoms with E-state index in [9.17, 15) is 0 Å². The van der Waals surface area contributed by atoms with Crippen molar-refractivity contribution in [3.63, 3.8) is 0 Å². The molecular formula is C16H32N2. The summed E-state index contributed by atoms with van der Waals surface area (Å²) in [5.74, 6) is 1.81. The van der Waals surface area contributed by atoms with Crippen molar-refractivity contribution in [3.05, 3.63) is 0 Å². The summed E-state index contributed by atoms with van der Waals surface area (Å²) in [4.78, 5) is 2.66. The van der Waals surface area contributed by atoms with Gasteiger partial charge in [0.05, 0.1) is 0 Å². The first kappa shape index (κ1) is 14.3. The number of hydrogen-bond donors (Lipinski definition) is 1. The van der Waals surface area contributed by atoms with Crippen LogP contribution in [0.3, 0.4) is 0 Å². The Balaban J connectivity index is 1.64. The quantitative estimate of drug-likeness (QED) is 0.826. The van der Waals surface area contributed by atoms with Gasteiger partial charge in [-0.15, -0.1) is 0 Å². The second-order valence-corrected chi connectivity index (χ2v) is 6.71. The Morgan fingerprint density at radius 2 is 1.72 bits per heavy atom. The van der Waals surface area contributed by atoms with Crippen LogP contribution in [0.2, 0.25) is 0 Å². The summed E-state index contributed by atoms with van der Waals surface area (Å²) in [6, 6.07) is 0.778. The van der Waals surface area contributed by atoms with Gasteiger partial charge in [0, 0.05) is 19.1 Å². The van der Waals surface area contributed by atoms with E-state index in [1.165, 1.54) is 71.1 Å². The number of rotatable bonds is 4. The summed E-state index contributed by atoms with van der Waals surface area (Å²) in [5.41, 5.74) is 0. The van der Waals surface area contributed by atoms with E-state index in [0.717, 1.165) is 17.9 Å². The predicted octanol–water partition coefficient (Wildman–Crippen LogP) is 3.28. The van der Waals surface area contributed by atoms with E-state index in [1.54, 1.807) is 0 Å². The highest BCUT2D eigenvalue weighted by Crippen LogP contribution is 2.28. The Morgan fingerprint density at radius 3 is 2.44 bits per heavy atom. The molecule has 2 heteroatoms. The molecule has 1 heterocycles. The first-order chi connectivity index (χ1) is 8.75. The zero-order valence-corrected chi connectivity index (χ0v) is 12.5. The van der Waals surface area contributed by atoms with Crippen molar-refractivity contribution in [2.45, 2.75) is 64.8 Å². The van der Waals surface area contributed by atoms with Crippen LogP contribution >= 0.6 is 0 Å². The number of hydrogen-bond acceptors (Lipinski definition) is 2. The molecule has 106 valence electrons. The molecule has 2 fully saturated rings. The lowest BCUT2D eigenvalue weighted by Crippen LogP contribution is -2.43. The lowest BCUT2D eigenvalue weighted by molar-refractivity contribution is 0.214. The molecule has 1 saturated heterocycles. The van der Waals surface area contributed by atoms with Crippen LogP contribution in [0, 0.1) is 11.8 Å². The van der Waals surface area contributed by atoms with Crippen LogP contribution < -0.4 is 5.32 Å². The lowest BCUT2D eigenvalue weighted by atomic mass is 9.80. The van der Waals surface area contributed by atoms with Gasteiger partial charge in [-0.2, -0.15) is 0 Å². The number of likely N-dealkylation sites (tertiary alicyclic amines) is 1. The SMILES string of the molecule is CC1CCC(C)C(NCCN2CCCCCC2)C1. The second-order valence-electron chi connectivity index (χ2n) is 6.71. The van der Waals surface area contributed by atoms with Crippen LogP contribution in [0.1, 0.15) is 58.8 Å². The van der Waals surface area contributed by atoms with Crippen molar-refractivity contribution < 1.29 is 0 Å². The average Bonchev–Trinajstić information content (AvgIpc) is 2.62. The van der Waals surface area contributed by atoms with Crippen LogP contribution in [-0.4, -0.2) is 37.1 Å². The van der Waals surface area contributed by atoms with Gasteiger partial charge >= 0.3 is 0 Å². The standard InChI is InChI=1S/C16H32N2/c1-14-7-8-15(2)16(13-14)17-9-12-18-10-5-3-4-6-11-18/h14-17H,3-13H2,1-2H3. The van der Waals surface area contributed by atoms with Crippen LogP contribution in [0.15, 0.2) is 0 Å². The Morgan fingerprint density at radius 1 is 1.00 bits per heavy atom. The summed E-state index contributed by atoms with van der Waals surface area (Å²) < 4.78 is 0. The molecule has 2 aliphatic rings. The normalized spacial score (nSPS) is 35.3. The second kappa shape index (κ2) is 7.49. The first-order valence-corrected chi connectivity index (χ1v) is 8.21. The molecule has 3 unspecified atom stereocenters. The third-order valence-electron chi connectivity index (χ3n) is 4.99. The van der Waals surface area contributed by atoms with Crippen LogP contribution in [0.4, 0.5) is 0 Å². The maximum absolute atomic E-state index is 3.83. The first-order valence-electron chi connectivity index (χ1n) is 8.21. The molecule has 2 rings (SSSR count). The molecule has 1 aliphatic heterocycles. The fourth-order valence-corrected chi connectivity index (χ4v) is 3.58. The van der Waals surface area contributed by atoms with E-state index >= 15 is 0 Å². The van der Waals surface area contributed by atoms with Gasteiger partial charge in [-0.05, 0) is 50.6 Å². The van der Waals surface area contributed by atoms with Crippen molar-refractivity contribution >= 4 is 0 Å². The highest BCUT2D eigenvalue weighted by molar-refractivity contribution is 4.81. The average molecular weight is 252 g/mol. The van der Waals surface area contributed by atoms with Gasteiger partial charge in [0.25, 0.3) is 0 Å². The van der Waals surface area contributed by atoms with E-state index in [-0.39, 0.29) is 0 Å². The van der Waals surface area contributed by atoms with Gasteiger partial charge in [-0.1, -0.05) is 33.1 Å². The smallest absolute Gasteiger partial charge is 0.0107 e. The third-order valence-corrected chi connectivity index (χ3v) is 4.99. The maximum atomic E-state index is 3.83. The van der Waals surface area contributed by atoms with E-state index in [0.29, 0.717) is 0 Å². The largest absolute Gasteiger partial charge is 0.312 e. The minimum absolute atomic E-state index is 0.778. The van der Waals surface area contributed by atoms with Crippen LogP contribution in [0.25, 0.3) is 0 Å². The molecular weight excluding hydrogens is 220 g/mol. The highest BCUT2D eigenvalue weighted by atomic mass is 15.1. The van der Waals surface area contributed by atoms with Gasteiger partial charge in [0.2, 0.25) is 0 Å². The molecule has 0 amide bonds. The highest BCUT2D eigenvalue weighted by Gasteiger charge is 2.24.